The summed E-state index contributed by atoms with van der Waals surface area (Å²) in [5.41, 5.74) is 2.65. The Bertz CT molecular complexity index is 774. The van der Waals surface area contributed by atoms with E-state index in [4.69, 9.17) is 0 Å². The van der Waals surface area contributed by atoms with Crippen LogP contribution in [-0.2, 0) is 11.3 Å². The van der Waals surface area contributed by atoms with Gasteiger partial charge in [-0.15, -0.1) is 0 Å². The van der Waals surface area contributed by atoms with Crippen LogP contribution >= 0.6 is 0 Å². The van der Waals surface area contributed by atoms with Crippen LogP contribution in [0.2, 0.25) is 0 Å². The smallest absolute Gasteiger partial charge is 0.225 e. The van der Waals surface area contributed by atoms with Gasteiger partial charge in [0.05, 0.1) is 0 Å². The van der Waals surface area contributed by atoms with Gasteiger partial charge in [0.2, 0.25) is 5.91 Å². The van der Waals surface area contributed by atoms with E-state index < -0.39 is 0 Å². The fourth-order valence-corrected chi connectivity index (χ4v) is 3.49. The van der Waals surface area contributed by atoms with Crippen LogP contribution in [0.3, 0.4) is 0 Å². The molecular weight excluding hydrogens is 324 g/mol. The van der Waals surface area contributed by atoms with Crippen LogP contribution in [0.4, 0.5) is 0 Å². The Labute approximate surface area is 154 Å². The van der Waals surface area contributed by atoms with E-state index in [9.17, 15) is 9.59 Å². The van der Waals surface area contributed by atoms with Gasteiger partial charge in [-0.2, -0.15) is 0 Å². The van der Waals surface area contributed by atoms with Gasteiger partial charge in [0.25, 0.3) is 0 Å². The molecule has 0 spiro atoms. The maximum atomic E-state index is 12.5. The second kappa shape index (κ2) is 7.42. The molecule has 0 N–H and O–H groups in total. The highest BCUT2D eigenvalue weighted by Crippen LogP contribution is 2.31. The molecule has 26 heavy (non-hydrogen) atoms. The third kappa shape index (κ3) is 3.86. The molecule has 1 saturated carbocycles. The topological polar surface area (TPSA) is 40.6 Å². The number of hydrogen-bond donors (Lipinski definition) is 0. The quantitative estimate of drug-likeness (QED) is 0.780. The van der Waals surface area contributed by atoms with Crippen LogP contribution < -0.4 is 0 Å². The molecule has 4 rings (SSSR count). The second-order valence-corrected chi connectivity index (χ2v) is 7.27. The molecule has 1 heterocycles. The Morgan fingerprint density at radius 2 is 1.42 bits per heavy atom. The standard InChI is InChI=1S/C22H24N2O2/c25-21(18-4-2-1-3-5-18)19-8-6-17(7-9-19)16-23-12-14-24(15-13-23)22(26)20-10-11-20/h1-9,20H,10-16H2. The summed E-state index contributed by atoms with van der Waals surface area (Å²) in [6.45, 7) is 4.37. The minimum absolute atomic E-state index is 0.0596. The van der Waals surface area contributed by atoms with Gasteiger partial charge >= 0.3 is 0 Å². The Balaban J connectivity index is 1.32. The summed E-state index contributed by atoms with van der Waals surface area (Å²) < 4.78 is 0. The molecule has 4 nitrogen and oxygen atoms in total. The maximum Gasteiger partial charge on any atom is 0.225 e. The van der Waals surface area contributed by atoms with Crippen LogP contribution in [0, 0.1) is 5.92 Å². The summed E-state index contributed by atoms with van der Waals surface area (Å²) in [6, 6.07) is 17.3. The molecule has 1 amide bonds. The fraction of sp³-hybridized carbons (Fsp3) is 0.364. The SMILES string of the molecule is O=C(c1ccccc1)c1ccc(CN2CCN(C(=O)C3CC3)CC2)cc1. The van der Waals surface area contributed by atoms with Crippen LogP contribution in [0.1, 0.15) is 34.3 Å². The van der Waals surface area contributed by atoms with Crippen molar-refractivity contribution in [3.05, 3.63) is 71.3 Å². The first-order chi connectivity index (χ1) is 12.7. The number of ketones is 1. The van der Waals surface area contributed by atoms with Gasteiger partial charge in [-0.25, -0.2) is 0 Å². The third-order valence-electron chi connectivity index (χ3n) is 5.27. The van der Waals surface area contributed by atoms with E-state index >= 15 is 0 Å². The van der Waals surface area contributed by atoms with Gasteiger partial charge in [-0.1, -0.05) is 54.6 Å². The highest BCUT2D eigenvalue weighted by atomic mass is 16.2. The lowest BCUT2D eigenvalue weighted by Crippen LogP contribution is -2.48. The lowest BCUT2D eigenvalue weighted by Gasteiger charge is -2.35. The zero-order valence-corrected chi connectivity index (χ0v) is 14.9. The average Bonchev–Trinajstić information content (AvgIpc) is 3.54. The van der Waals surface area contributed by atoms with Crippen LogP contribution in [-0.4, -0.2) is 47.7 Å². The molecule has 0 bridgehead atoms. The molecule has 1 aliphatic heterocycles. The van der Waals surface area contributed by atoms with Crippen molar-refractivity contribution in [3.8, 4) is 0 Å². The summed E-state index contributed by atoms with van der Waals surface area (Å²) in [6.07, 6.45) is 2.15. The number of carbonyl (C=O) groups excluding carboxylic acids is 2. The van der Waals surface area contributed by atoms with E-state index in [-0.39, 0.29) is 5.78 Å². The predicted octanol–water partition coefficient (Wildman–Crippen LogP) is 2.97. The summed E-state index contributed by atoms with van der Waals surface area (Å²) >= 11 is 0. The summed E-state index contributed by atoms with van der Waals surface area (Å²) in [4.78, 5) is 29.0. The minimum atomic E-state index is 0.0596. The Morgan fingerprint density at radius 1 is 0.808 bits per heavy atom. The van der Waals surface area contributed by atoms with Crippen molar-refractivity contribution < 1.29 is 9.59 Å². The van der Waals surface area contributed by atoms with Gasteiger partial charge in [0, 0.05) is 49.8 Å². The highest BCUT2D eigenvalue weighted by molar-refractivity contribution is 6.08. The van der Waals surface area contributed by atoms with Crippen molar-refractivity contribution in [1.82, 2.24) is 9.80 Å². The lowest BCUT2D eigenvalue weighted by molar-refractivity contribution is -0.134. The van der Waals surface area contributed by atoms with Crippen LogP contribution in [0.5, 0.6) is 0 Å². The molecule has 2 aromatic rings. The van der Waals surface area contributed by atoms with E-state index in [1.54, 1.807) is 0 Å². The molecule has 0 radical (unpaired) electrons. The summed E-state index contributed by atoms with van der Waals surface area (Å²) in [7, 11) is 0. The largest absolute Gasteiger partial charge is 0.340 e. The third-order valence-corrected chi connectivity index (χ3v) is 5.27. The molecule has 1 aliphatic carbocycles. The molecule has 0 atom stereocenters. The lowest BCUT2D eigenvalue weighted by atomic mass is 10.0. The number of carbonyl (C=O) groups is 2. The number of piperazine rings is 1. The first kappa shape index (κ1) is 17.0. The molecule has 1 saturated heterocycles. The number of rotatable bonds is 5. The Morgan fingerprint density at radius 3 is 2.04 bits per heavy atom. The highest BCUT2D eigenvalue weighted by Gasteiger charge is 2.34. The van der Waals surface area contributed by atoms with Gasteiger partial charge in [0.1, 0.15) is 0 Å². The molecule has 134 valence electrons. The predicted molar refractivity (Wildman–Crippen MR) is 101 cm³/mol. The van der Waals surface area contributed by atoms with Crippen LogP contribution in [0.15, 0.2) is 54.6 Å². The van der Waals surface area contributed by atoms with Crippen molar-refractivity contribution >= 4 is 11.7 Å². The summed E-state index contributed by atoms with van der Waals surface area (Å²) in [5, 5.41) is 0. The Hall–Kier alpha value is -2.46. The number of hydrogen-bond acceptors (Lipinski definition) is 3. The normalized spacial score (nSPS) is 17.9. The van der Waals surface area contributed by atoms with E-state index in [2.05, 4.69) is 4.90 Å². The number of benzene rings is 2. The minimum Gasteiger partial charge on any atom is -0.340 e. The molecule has 0 unspecified atom stereocenters. The fourth-order valence-electron chi connectivity index (χ4n) is 3.49. The molecular formula is C22H24N2O2. The first-order valence-electron chi connectivity index (χ1n) is 9.40. The van der Waals surface area contributed by atoms with Crippen molar-refractivity contribution in [2.75, 3.05) is 26.2 Å². The zero-order chi connectivity index (χ0) is 17.9. The average molecular weight is 348 g/mol. The molecule has 2 aliphatic rings. The van der Waals surface area contributed by atoms with Gasteiger partial charge < -0.3 is 4.90 Å². The number of nitrogens with zero attached hydrogens (tertiary/aromatic N) is 2. The van der Waals surface area contributed by atoms with Crippen molar-refractivity contribution in [2.24, 2.45) is 5.92 Å². The summed E-state index contributed by atoms with van der Waals surface area (Å²) in [5.74, 6) is 0.731. The van der Waals surface area contributed by atoms with E-state index in [1.165, 1.54) is 5.56 Å². The molecule has 2 fully saturated rings. The van der Waals surface area contributed by atoms with Crippen LogP contribution in [0.25, 0.3) is 0 Å². The van der Waals surface area contributed by atoms with E-state index in [0.717, 1.165) is 56.7 Å². The van der Waals surface area contributed by atoms with Gasteiger partial charge in [-0.05, 0) is 18.4 Å². The Kier molecular flexibility index (Phi) is 4.85. The second-order valence-electron chi connectivity index (χ2n) is 7.27. The molecule has 0 aromatic heterocycles. The van der Waals surface area contributed by atoms with Crippen molar-refractivity contribution in [2.45, 2.75) is 19.4 Å². The monoisotopic (exact) mass is 348 g/mol. The maximum absolute atomic E-state index is 12.5. The first-order valence-corrected chi connectivity index (χ1v) is 9.40. The van der Waals surface area contributed by atoms with Gasteiger partial charge in [0.15, 0.2) is 5.78 Å². The van der Waals surface area contributed by atoms with Gasteiger partial charge in [-0.3, -0.25) is 14.5 Å². The van der Waals surface area contributed by atoms with E-state index in [1.807, 2.05) is 59.5 Å². The van der Waals surface area contributed by atoms with Crippen molar-refractivity contribution in [1.29, 1.82) is 0 Å². The number of amides is 1. The molecule has 2 aromatic carbocycles. The van der Waals surface area contributed by atoms with Crippen molar-refractivity contribution in [3.63, 3.8) is 0 Å². The zero-order valence-electron chi connectivity index (χ0n) is 14.9. The molecule has 4 heteroatoms. The van der Waals surface area contributed by atoms with E-state index in [0.29, 0.717) is 11.8 Å².